The fraction of sp³-hybridized carbons (Fsp3) is 0.273. The molecule has 1 aliphatic heterocycles. The Morgan fingerprint density at radius 2 is 1.86 bits per heavy atom. The van der Waals surface area contributed by atoms with Crippen LogP contribution in [0.15, 0.2) is 64.5 Å². The van der Waals surface area contributed by atoms with Crippen LogP contribution < -0.4 is 9.64 Å². The van der Waals surface area contributed by atoms with Crippen LogP contribution in [0.3, 0.4) is 0 Å². The summed E-state index contributed by atoms with van der Waals surface area (Å²) in [5.74, 6) is 0.674. The topological polar surface area (TPSA) is 62.1 Å². The molecule has 0 unspecified atom stereocenters. The molecular weight excluding hydrogens is 372 g/mol. The van der Waals surface area contributed by atoms with Gasteiger partial charge in [0.05, 0.1) is 17.2 Å². The van der Waals surface area contributed by atoms with Crippen LogP contribution in [0.4, 0.5) is 5.69 Å². The van der Waals surface area contributed by atoms with Crippen LogP contribution in [0.1, 0.15) is 25.8 Å². The summed E-state index contributed by atoms with van der Waals surface area (Å²) < 4.78 is 5.55. The van der Waals surface area contributed by atoms with Crippen molar-refractivity contribution in [2.75, 3.05) is 18.1 Å². The normalized spacial score (nSPS) is 17.1. The Bertz CT molecular complexity index is 861. The Kier molecular flexibility index (Phi) is 6.90. The lowest BCUT2D eigenvalue weighted by Gasteiger charge is -2.16. The van der Waals surface area contributed by atoms with E-state index in [0.717, 1.165) is 17.0 Å². The van der Waals surface area contributed by atoms with Crippen molar-refractivity contribution in [2.45, 2.75) is 26.3 Å². The zero-order valence-corrected chi connectivity index (χ0v) is 16.9. The highest BCUT2D eigenvalue weighted by molar-refractivity contribution is 8.19. The monoisotopic (exact) mass is 396 g/mol. The van der Waals surface area contributed by atoms with Gasteiger partial charge in [0.2, 0.25) is 0 Å². The van der Waals surface area contributed by atoms with Gasteiger partial charge in [-0.3, -0.25) is 14.7 Å². The Morgan fingerprint density at radius 1 is 1.14 bits per heavy atom. The SMILES string of the molecule is CC(C)/N=C1\S/C(=C\c2ccc(OCCCO)cc2)C(=O)N1c1ccccc1. The van der Waals surface area contributed by atoms with Gasteiger partial charge in [0.1, 0.15) is 5.75 Å². The molecule has 0 spiro atoms. The maximum atomic E-state index is 13.1. The van der Waals surface area contributed by atoms with Crippen LogP contribution in [0.25, 0.3) is 6.08 Å². The summed E-state index contributed by atoms with van der Waals surface area (Å²) in [6.07, 6.45) is 2.48. The number of rotatable bonds is 7. The molecule has 1 fully saturated rings. The summed E-state index contributed by atoms with van der Waals surface area (Å²) in [4.78, 5) is 20.0. The van der Waals surface area contributed by atoms with E-state index in [-0.39, 0.29) is 18.6 Å². The number of aliphatic imine (C=N–C) groups is 1. The molecule has 146 valence electrons. The summed E-state index contributed by atoms with van der Waals surface area (Å²) in [6.45, 7) is 4.59. The van der Waals surface area contributed by atoms with E-state index >= 15 is 0 Å². The summed E-state index contributed by atoms with van der Waals surface area (Å²) >= 11 is 1.39. The van der Waals surface area contributed by atoms with Gasteiger partial charge in [0.25, 0.3) is 5.91 Å². The Morgan fingerprint density at radius 3 is 2.50 bits per heavy atom. The van der Waals surface area contributed by atoms with Crippen molar-refractivity contribution in [3.8, 4) is 5.75 Å². The van der Waals surface area contributed by atoms with Gasteiger partial charge in [-0.15, -0.1) is 0 Å². The van der Waals surface area contributed by atoms with Gasteiger partial charge in [-0.2, -0.15) is 0 Å². The summed E-state index contributed by atoms with van der Waals surface area (Å²) in [7, 11) is 0. The molecule has 0 bridgehead atoms. The maximum absolute atomic E-state index is 13.1. The molecule has 1 N–H and O–H groups in total. The van der Waals surface area contributed by atoms with E-state index in [9.17, 15) is 4.79 Å². The largest absolute Gasteiger partial charge is 0.494 e. The van der Waals surface area contributed by atoms with Crippen molar-refractivity contribution in [1.82, 2.24) is 0 Å². The van der Waals surface area contributed by atoms with E-state index in [2.05, 4.69) is 4.99 Å². The molecule has 1 amide bonds. The number of anilines is 1. The number of aliphatic hydroxyl groups excluding tert-OH is 1. The number of hydrogen-bond acceptors (Lipinski definition) is 5. The highest BCUT2D eigenvalue weighted by atomic mass is 32.2. The van der Waals surface area contributed by atoms with E-state index in [1.54, 1.807) is 4.90 Å². The molecule has 0 radical (unpaired) electrons. The molecule has 1 aliphatic rings. The molecule has 2 aromatic rings. The van der Waals surface area contributed by atoms with Gasteiger partial charge in [0, 0.05) is 19.1 Å². The fourth-order valence-electron chi connectivity index (χ4n) is 2.65. The lowest BCUT2D eigenvalue weighted by atomic mass is 10.2. The standard InChI is InChI=1S/C22H24N2O3S/c1-16(2)23-22-24(18-7-4-3-5-8-18)21(26)20(28-22)15-17-9-11-19(12-10-17)27-14-6-13-25/h3-5,7-12,15-16,25H,6,13-14H2,1-2H3/b20-15-,23-22-. The zero-order valence-electron chi connectivity index (χ0n) is 16.0. The smallest absolute Gasteiger partial charge is 0.271 e. The van der Waals surface area contributed by atoms with E-state index < -0.39 is 0 Å². The number of hydrogen-bond donors (Lipinski definition) is 1. The second-order valence-electron chi connectivity index (χ2n) is 6.59. The average molecular weight is 397 g/mol. The van der Waals surface area contributed by atoms with Crippen molar-refractivity contribution in [3.63, 3.8) is 0 Å². The summed E-state index contributed by atoms with van der Waals surface area (Å²) in [5, 5.41) is 9.51. The number of benzene rings is 2. The first-order valence-electron chi connectivity index (χ1n) is 9.29. The van der Waals surface area contributed by atoms with E-state index in [1.807, 2.05) is 74.5 Å². The molecule has 28 heavy (non-hydrogen) atoms. The number of para-hydroxylation sites is 1. The molecule has 0 saturated carbocycles. The first kappa shape index (κ1) is 20.2. The van der Waals surface area contributed by atoms with Crippen LogP contribution in [-0.2, 0) is 4.79 Å². The van der Waals surface area contributed by atoms with Crippen molar-refractivity contribution in [2.24, 2.45) is 4.99 Å². The van der Waals surface area contributed by atoms with Gasteiger partial charge in [0.15, 0.2) is 5.17 Å². The Hall–Kier alpha value is -2.57. The van der Waals surface area contributed by atoms with E-state index in [0.29, 0.717) is 23.1 Å². The Balaban J connectivity index is 1.83. The van der Waals surface area contributed by atoms with Gasteiger partial charge >= 0.3 is 0 Å². The van der Waals surface area contributed by atoms with Crippen molar-refractivity contribution >= 4 is 34.6 Å². The first-order chi connectivity index (χ1) is 13.6. The molecule has 0 aliphatic carbocycles. The third-order valence-electron chi connectivity index (χ3n) is 3.94. The molecule has 0 aromatic heterocycles. The zero-order chi connectivity index (χ0) is 19.9. The highest BCUT2D eigenvalue weighted by Gasteiger charge is 2.34. The van der Waals surface area contributed by atoms with Crippen LogP contribution in [-0.4, -0.2) is 35.4 Å². The summed E-state index contributed by atoms with van der Waals surface area (Å²) in [5.41, 5.74) is 1.74. The van der Waals surface area contributed by atoms with E-state index in [4.69, 9.17) is 9.84 Å². The van der Waals surface area contributed by atoms with Crippen LogP contribution >= 0.6 is 11.8 Å². The van der Waals surface area contributed by atoms with Gasteiger partial charge in [-0.25, -0.2) is 0 Å². The second kappa shape index (κ2) is 9.57. The van der Waals surface area contributed by atoms with Gasteiger partial charge in [-0.05, 0) is 61.5 Å². The van der Waals surface area contributed by atoms with Crippen LogP contribution in [0, 0.1) is 0 Å². The van der Waals surface area contributed by atoms with Crippen molar-refractivity contribution < 1.29 is 14.6 Å². The third-order valence-corrected chi connectivity index (χ3v) is 4.92. The number of carbonyl (C=O) groups excluding carboxylic acids is 1. The number of amidine groups is 1. The molecule has 1 heterocycles. The number of thioether (sulfide) groups is 1. The molecule has 5 nitrogen and oxygen atoms in total. The third kappa shape index (κ3) is 5.03. The molecule has 3 rings (SSSR count). The molecule has 6 heteroatoms. The van der Waals surface area contributed by atoms with Crippen molar-refractivity contribution in [3.05, 3.63) is 65.1 Å². The molecule has 2 aromatic carbocycles. The minimum Gasteiger partial charge on any atom is -0.494 e. The minimum absolute atomic E-state index is 0.0705. The minimum atomic E-state index is -0.0705. The number of nitrogens with zero attached hydrogens (tertiary/aromatic N) is 2. The quantitative estimate of drug-likeness (QED) is 0.559. The van der Waals surface area contributed by atoms with Crippen LogP contribution in [0.2, 0.25) is 0 Å². The number of amides is 1. The lowest BCUT2D eigenvalue weighted by molar-refractivity contribution is -0.113. The fourth-order valence-corrected chi connectivity index (χ4v) is 3.77. The lowest BCUT2D eigenvalue weighted by Crippen LogP contribution is -2.29. The van der Waals surface area contributed by atoms with E-state index in [1.165, 1.54) is 11.8 Å². The summed E-state index contributed by atoms with van der Waals surface area (Å²) in [6, 6.07) is 17.2. The molecule has 0 atom stereocenters. The first-order valence-corrected chi connectivity index (χ1v) is 10.1. The second-order valence-corrected chi connectivity index (χ2v) is 7.60. The average Bonchev–Trinajstić information content (AvgIpc) is 2.98. The molecule has 1 saturated heterocycles. The Labute approximate surface area is 169 Å². The van der Waals surface area contributed by atoms with Crippen LogP contribution in [0.5, 0.6) is 5.75 Å². The maximum Gasteiger partial charge on any atom is 0.271 e. The molecular formula is C22H24N2O3S. The highest BCUT2D eigenvalue weighted by Crippen LogP contribution is 2.36. The number of ether oxygens (including phenoxy) is 1. The predicted octanol–water partition coefficient (Wildman–Crippen LogP) is 4.33. The van der Waals surface area contributed by atoms with Gasteiger partial charge < -0.3 is 9.84 Å². The number of carbonyl (C=O) groups is 1. The number of aliphatic hydroxyl groups is 1. The van der Waals surface area contributed by atoms with Gasteiger partial charge in [-0.1, -0.05) is 30.3 Å². The predicted molar refractivity (Wildman–Crippen MR) is 116 cm³/mol. The van der Waals surface area contributed by atoms with Crippen molar-refractivity contribution in [1.29, 1.82) is 0 Å².